The lowest BCUT2D eigenvalue weighted by Gasteiger charge is -2.00. The Hall–Kier alpha value is -1.39. The molecule has 1 heterocycles. The highest BCUT2D eigenvalue weighted by molar-refractivity contribution is 7.83. The van der Waals surface area contributed by atoms with Crippen molar-refractivity contribution < 1.29 is 8.63 Å². The number of nitrogens with two attached hydrogens (primary N) is 1. The van der Waals surface area contributed by atoms with E-state index in [4.69, 9.17) is 10.2 Å². The summed E-state index contributed by atoms with van der Waals surface area (Å²) in [5.41, 5.74) is 6.53. The first kappa shape index (κ1) is 12.1. The Labute approximate surface area is 103 Å². The molecule has 1 unspecified atom stereocenters. The number of hydrogen-bond acceptors (Lipinski definition) is 3. The summed E-state index contributed by atoms with van der Waals surface area (Å²) in [6.45, 7) is 0.380. The first-order chi connectivity index (χ1) is 8.28. The fourth-order valence-corrected chi connectivity index (χ4v) is 2.72. The van der Waals surface area contributed by atoms with Gasteiger partial charge in [0.15, 0.2) is 0 Å². The van der Waals surface area contributed by atoms with Gasteiger partial charge in [0.1, 0.15) is 11.5 Å². The topological polar surface area (TPSA) is 56.2 Å². The predicted molar refractivity (Wildman–Crippen MR) is 68.6 cm³/mol. The highest BCUT2D eigenvalue weighted by Crippen LogP contribution is 2.12. The maximum absolute atomic E-state index is 11.9. The van der Waals surface area contributed by atoms with Crippen molar-refractivity contribution in [1.82, 2.24) is 0 Å². The Morgan fingerprint density at radius 2 is 1.71 bits per heavy atom. The number of benzene rings is 1. The number of hydrogen-bond donors (Lipinski definition) is 1. The van der Waals surface area contributed by atoms with Crippen molar-refractivity contribution in [3.63, 3.8) is 0 Å². The van der Waals surface area contributed by atoms with Crippen LogP contribution in [-0.2, 0) is 28.9 Å². The van der Waals surface area contributed by atoms with Gasteiger partial charge in [-0.25, -0.2) is 0 Å². The van der Waals surface area contributed by atoms with Gasteiger partial charge in [-0.15, -0.1) is 0 Å². The third-order valence-electron chi connectivity index (χ3n) is 2.39. The summed E-state index contributed by atoms with van der Waals surface area (Å²) in [5.74, 6) is 2.46. The van der Waals surface area contributed by atoms with Crippen LogP contribution in [0.1, 0.15) is 17.1 Å². The Balaban J connectivity index is 1.93. The van der Waals surface area contributed by atoms with E-state index in [-0.39, 0.29) is 0 Å². The molecular weight excluding hydrogens is 234 g/mol. The van der Waals surface area contributed by atoms with E-state index in [0.29, 0.717) is 18.1 Å². The average molecular weight is 249 g/mol. The number of rotatable bonds is 5. The maximum atomic E-state index is 11.9. The van der Waals surface area contributed by atoms with Crippen LogP contribution in [0, 0.1) is 0 Å². The first-order valence-electron chi connectivity index (χ1n) is 5.44. The second-order valence-electron chi connectivity index (χ2n) is 3.79. The molecule has 0 aliphatic rings. The molecule has 0 saturated carbocycles. The molecule has 1 aromatic heterocycles. The van der Waals surface area contributed by atoms with Gasteiger partial charge in [0.25, 0.3) is 0 Å². The summed E-state index contributed by atoms with van der Waals surface area (Å²) < 4.78 is 17.3. The van der Waals surface area contributed by atoms with E-state index in [1.807, 2.05) is 42.5 Å². The van der Waals surface area contributed by atoms with E-state index < -0.39 is 10.8 Å². The smallest absolute Gasteiger partial charge is 0.117 e. The summed E-state index contributed by atoms with van der Waals surface area (Å²) >= 11 is 0. The van der Waals surface area contributed by atoms with Crippen LogP contribution in [0.15, 0.2) is 46.9 Å². The van der Waals surface area contributed by atoms with E-state index in [0.717, 1.165) is 17.1 Å². The van der Waals surface area contributed by atoms with E-state index in [2.05, 4.69) is 0 Å². The largest absolute Gasteiger partial charge is 0.464 e. The van der Waals surface area contributed by atoms with Crippen LogP contribution in [0.4, 0.5) is 0 Å². The van der Waals surface area contributed by atoms with E-state index in [1.54, 1.807) is 0 Å². The van der Waals surface area contributed by atoms with Crippen molar-refractivity contribution in [2.24, 2.45) is 5.73 Å². The predicted octanol–water partition coefficient (Wildman–Crippen LogP) is 2.19. The van der Waals surface area contributed by atoms with Crippen molar-refractivity contribution in [3.05, 3.63) is 59.5 Å². The summed E-state index contributed by atoms with van der Waals surface area (Å²) in [4.78, 5) is 0. The van der Waals surface area contributed by atoms with Crippen LogP contribution >= 0.6 is 0 Å². The summed E-state index contributed by atoms with van der Waals surface area (Å²) in [7, 11) is -0.945. The SMILES string of the molecule is NCc1ccc(CS(=O)Cc2ccccc2)o1. The van der Waals surface area contributed by atoms with Gasteiger partial charge in [-0.2, -0.15) is 0 Å². The average Bonchev–Trinajstić information content (AvgIpc) is 2.78. The molecule has 1 atom stereocenters. The highest BCUT2D eigenvalue weighted by Gasteiger charge is 2.06. The molecule has 17 heavy (non-hydrogen) atoms. The molecule has 2 aromatic rings. The molecule has 0 spiro atoms. The highest BCUT2D eigenvalue weighted by atomic mass is 32.2. The van der Waals surface area contributed by atoms with Crippen LogP contribution in [0.5, 0.6) is 0 Å². The maximum Gasteiger partial charge on any atom is 0.117 e. The van der Waals surface area contributed by atoms with Gasteiger partial charge >= 0.3 is 0 Å². The molecule has 0 radical (unpaired) electrons. The zero-order valence-corrected chi connectivity index (χ0v) is 10.3. The van der Waals surface area contributed by atoms with E-state index in [9.17, 15) is 4.21 Å². The Kier molecular flexibility index (Phi) is 4.12. The first-order valence-corrected chi connectivity index (χ1v) is 6.93. The van der Waals surface area contributed by atoms with Crippen LogP contribution in [0.3, 0.4) is 0 Å². The lowest BCUT2D eigenvalue weighted by Crippen LogP contribution is -1.98. The minimum atomic E-state index is -0.945. The molecule has 2 N–H and O–H groups in total. The normalized spacial score (nSPS) is 12.5. The molecule has 2 rings (SSSR count). The minimum absolute atomic E-state index is 0.380. The molecule has 1 aromatic carbocycles. The summed E-state index contributed by atoms with van der Waals surface area (Å²) in [5, 5.41) is 0. The van der Waals surface area contributed by atoms with Crippen molar-refractivity contribution >= 4 is 10.8 Å². The molecule has 3 nitrogen and oxygen atoms in total. The van der Waals surface area contributed by atoms with Crippen LogP contribution in [0.2, 0.25) is 0 Å². The Bertz CT molecular complexity index is 493. The van der Waals surface area contributed by atoms with Crippen molar-refractivity contribution in [2.45, 2.75) is 18.1 Å². The molecule has 0 aliphatic carbocycles. The third-order valence-corrected chi connectivity index (χ3v) is 3.65. The molecule has 0 saturated heterocycles. The van der Waals surface area contributed by atoms with Crippen LogP contribution in [0.25, 0.3) is 0 Å². The zero-order chi connectivity index (χ0) is 12.1. The van der Waals surface area contributed by atoms with E-state index in [1.165, 1.54) is 0 Å². The van der Waals surface area contributed by atoms with Crippen LogP contribution < -0.4 is 5.73 Å². The van der Waals surface area contributed by atoms with Gasteiger partial charge in [0.2, 0.25) is 0 Å². The summed E-state index contributed by atoms with van der Waals surface area (Å²) in [6.07, 6.45) is 0. The lowest BCUT2D eigenvalue weighted by molar-refractivity contribution is 0.481. The molecule has 4 heteroatoms. The van der Waals surface area contributed by atoms with Crippen molar-refractivity contribution in [2.75, 3.05) is 0 Å². The van der Waals surface area contributed by atoms with Gasteiger partial charge in [0.05, 0.1) is 12.3 Å². The Morgan fingerprint density at radius 1 is 1.00 bits per heavy atom. The fraction of sp³-hybridized carbons (Fsp3) is 0.231. The standard InChI is InChI=1S/C13H15NO2S/c14-8-12-6-7-13(16-12)10-17(15)9-11-4-2-1-3-5-11/h1-7H,8-10,14H2. The van der Waals surface area contributed by atoms with Gasteiger partial charge in [-0.1, -0.05) is 30.3 Å². The quantitative estimate of drug-likeness (QED) is 0.883. The van der Waals surface area contributed by atoms with E-state index >= 15 is 0 Å². The molecule has 90 valence electrons. The van der Waals surface area contributed by atoms with Gasteiger partial charge in [-0.3, -0.25) is 4.21 Å². The minimum Gasteiger partial charge on any atom is -0.464 e. The molecule has 0 aliphatic heterocycles. The molecule has 0 fully saturated rings. The van der Waals surface area contributed by atoms with Gasteiger partial charge in [-0.05, 0) is 17.7 Å². The monoisotopic (exact) mass is 249 g/mol. The number of furan rings is 1. The van der Waals surface area contributed by atoms with Gasteiger partial charge < -0.3 is 10.2 Å². The lowest BCUT2D eigenvalue weighted by atomic mass is 10.2. The Morgan fingerprint density at radius 3 is 2.35 bits per heavy atom. The second-order valence-corrected chi connectivity index (χ2v) is 5.24. The molecular formula is C13H15NO2S. The molecule has 0 bridgehead atoms. The molecule has 0 amide bonds. The third kappa shape index (κ3) is 3.54. The van der Waals surface area contributed by atoms with Crippen molar-refractivity contribution in [3.8, 4) is 0 Å². The second kappa shape index (κ2) is 5.80. The van der Waals surface area contributed by atoms with Crippen LogP contribution in [-0.4, -0.2) is 4.21 Å². The zero-order valence-electron chi connectivity index (χ0n) is 9.46. The fourth-order valence-electron chi connectivity index (χ4n) is 1.58. The summed E-state index contributed by atoms with van der Waals surface area (Å²) in [6, 6.07) is 13.5. The van der Waals surface area contributed by atoms with Crippen molar-refractivity contribution in [1.29, 1.82) is 0 Å². The van der Waals surface area contributed by atoms with Gasteiger partial charge in [0, 0.05) is 16.6 Å².